The van der Waals surface area contributed by atoms with E-state index < -0.39 is 0 Å². The van der Waals surface area contributed by atoms with E-state index in [4.69, 9.17) is 11.6 Å². The molecule has 0 spiro atoms. The molecule has 0 saturated heterocycles. The van der Waals surface area contributed by atoms with Gasteiger partial charge >= 0.3 is 0 Å². The van der Waals surface area contributed by atoms with Gasteiger partial charge in [0.25, 0.3) is 0 Å². The van der Waals surface area contributed by atoms with E-state index in [9.17, 15) is 0 Å². The maximum atomic E-state index is 6.50. The van der Waals surface area contributed by atoms with Crippen LogP contribution in [0.25, 0.3) is 0 Å². The van der Waals surface area contributed by atoms with Gasteiger partial charge in [0.05, 0.1) is 16.8 Å². The second kappa shape index (κ2) is 5.42. The average molecular weight is 324 g/mol. The van der Waals surface area contributed by atoms with Crippen LogP contribution in [-0.4, -0.2) is 0 Å². The lowest BCUT2D eigenvalue weighted by Gasteiger charge is -2.39. The molecule has 3 atom stereocenters. The second-order valence-corrected chi connectivity index (χ2v) is 7.40. The molecule has 0 radical (unpaired) electrons. The van der Waals surface area contributed by atoms with Crippen LogP contribution in [0.15, 0.2) is 42.5 Å². The maximum Gasteiger partial charge on any atom is 0.0640 e. The summed E-state index contributed by atoms with van der Waals surface area (Å²) < 4.78 is 0. The number of benzene rings is 2. The van der Waals surface area contributed by atoms with Crippen molar-refractivity contribution in [3.8, 4) is 0 Å². The summed E-state index contributed by atoms with van der Waals surface area (Å²) in [5, 5.41) is 4.61. The fourth-order valence-corrected chi connectivity index (χ4v) is 4.79. The van der Waals surface area contributed by atoms with Crippen LogP contribution in [0.3, 0.4) is 0 Å². The Morgan fingerprint density at radius 3 is 2.57 bits per heavy atom. The Bertz CT molecular complexity index is 782. The lowest BCUT2D eigenvalue weighted by Crippen LogP contribution is -2.30. The molecule has 4 rings (SSSR count). The molecule has 1 heterocycles. The van der Waals surface area contributed by atoms with E-state index in [0.717, 1.165) is 17.1 Å². The molecular weight excluding hydrogens is 302 g/mol. The van der Waals surface area contributed by atoms with Gasteiger partial charge in [-0.05, 0) is 61.4 Å². The molecular formula is C21H22ClN. The van der Waals surface area contributed by atoms with Crippen molar-refractivity contribution < 1.29 is 0 Å². The Morgan fingerprint density at radius 2 is 1.83 bits per heavy atom. The lowest BCUT2D eigenvalue weighted by atomic mass is 9.75. The number of nitrogens with one attached hydrogen (secondary N) is 1. The van der Waals surface area contributed by atoms with E-state index in [1.54, 1.807) is 0 Å². The van der Waals surface area contributed by atoms with Crippen LogP contribution in [0.1, 0.15) is 46.2 Å². The summed E-state index contributed by atoms with van der Waals surface area (Å²) in [7, 11) is 0. The first-order valence-electron chi connectivity index (χ1n) is 8.35. The molecule has 2 aromatic rings. The molecule has 3 unspecified atom stereocenters. The van der Waals surface area contributed by atoms with Crippen LogP contribution in [0, 0.1) is 26.7 Å². The number of anilines is 1. The zero-order valence-electron chi connectivity index (χ0n) is 13.9. The molecule has 118 valence electrons. The Kier molecular flexibility index (Phi) is 3.50. The van der Waals surface area contributed by atoms with Crippen molar-refractivity contribution in [3.05, 3.63) is 75.3 Å². The average Bonchev–Trinajstić information content (AvgIpc) is 2.97. The van der Waals surface area contributed by atoms with E-state index in [-0.39, 0.29) is 0 Å². The number of allylic oxidation sites excluding steroid dienone is 2. The van der Waals surface area contributed by atoms with Crippen LogP contribution in [-0.2, 0) is 0 Å². The largest absolute Gasteiger partial charge is 0.376 e. The van der Waals surface area contributed by atoms with Gasteiger partial charge in [0.15, 0.2) is 0 Å². The minimum atomic E-state index is 0.322. The van der Waals surface area contributed by atoms with Gasteiger partial charge in [-0.15, -0.1) is 0 Å². The molecule has 1 aliphatic carbocycles. The Morgan fingerprint density at radius 1 is 1.09 bits per heavy atom. The second-order valence-electron chi connectivity index (χ2n) is 6.99. The predicted molar refractivity (Wildman–Crippen MR) is 98.5 cm³/mol. The molecule has 1 N–H and O–H groups in total. The maximum absolute atomic E-state index is 6.50. The summed E-state index contributed by atoms with van der Waals surface area (Å²) >= 11 is 6.50. The number of para-hydroxylation sites is 1. The van der Waals surface area contributed by atoms with Gasteiger partial charge in [-0.3, -0.25) is 0 Å². The van der Waals surface area contributed by atoms with E-state index in [0.29, 0.717) is 17.9 Å². The summed E-state index contributed by atoms with van der Waals surface area (Å²) in [4.78, 5) is 0. The van der Waals surface area contributed by atoms with Crippen LogP contribution >= 0.6 is 11.6 Å². The highest BCUT2D eigenvalue weighted by Gasteiger charge is 2.39. The van der Waals surface area contributed by atoms with Gasteiger partial charge in [0.1, 0.15) is 0 Å². The summed E-state index contributed by atoms with van der Waals surface area (Å²) in [6.45, 7) is 6.64. The normalized spacial score (nSPS) is 25.0. The van der Waals surface area contributed by atoms with Gasteiger partial charge in [0.2, 0.25) is 0 Å². The van der Waals surface area contributed by atoms with Crippen molar-refractivity contribution in [2.24, 2.45) is 5.92 Å². The van der Waals surface area contributed by atoms with Crippen molar-refractivity contribution in [1.82, 2.24) is 0 Å². The third-order valence-electron chi connectivity index (χ3n) is 5.39. The molecule has 1 aliphatic heterocycles. The number of rotatable bonds is 1. The third kappa shape index (κ3) is 2.30. The van der Waals surface area contributed by atoms with E-state index in [2.05, 4.69) is 62.5 Å². The zero-order chi connectivity index (χ0) is 16.1. The predicted octanol–water partition coefficient (Wildman–Crippen LogP) is 6.09. The van der Waals surface area contributed by atoms with E-state index >= 15 is 0 Å². The van der Waals surface area contributed by atoms with Crippen molar-refractivity contribution in [1.29, 1.82) is 0 Å². The van der Waals surface area contributed by atoms with Crippen LogP contribution < -0.4 is 5.32 Å². The van der Waals surface area contributed by atoms with Crippen LogP contribution in [0.4, 0.5) is 5.69 Å². The van der Waals surface area contributed by atoms with Gasteiger partial charge in [-0.2, -0.15) is 0 Å². The Labute approximate surface area is 143 Å². The van der Waals surface area contributed by atoms with E-state index in [1.165, 1.54) is 27.8 Å². The first kappa shape index (κ1) is 14.8. The monoisotopic (exact) mass is 323 g/mol. The highest BCUT2D eigenvalue weighted by molar-refractivity contribution is 6.33. The molecule has 0 aromatic heterocycles. The number of hydrogen-bond acceptors (Lipinski definition) is 1. The van der Waals surface area contributed by atoms with Crippen molar-refractivity contribution >= 4 is 17.3 Å². The minimum Gasteiger partial charge on any atom is -0.376 e. The first-order chi connectivity index (χ1) is 11.1. The van der Waals surface area contributed by atoms with Crippen LogP contribution in [0.2, 0.25) is 5.02 Å². The molecule has 2 aromatic carbocycles. The Hall–Kier alpha value is -1.73. The SMILES string of the molecule is Cc1cc(C)c(C2Nc3c(Cl)cccc3C3C=CCC32)c(C)c1. The smallest absolute Gasteiger partial charge is 0.0640 e. The summed E-state index contributed by atoms with van der Waals surface area (Å²) in [5.74, 6) is 1.04. The fourth-order valence-electron chi connectivity index (χ4n) is 4.55. The van der Waals surface area contributed by atoms with Gasteiger partial charge in [-0.1, -0.05) is 53.6 Å². The molecule has 0 amide bonds. The summed E-state index contributed by atoms with van der Waals surface area (Å²) in [6.07, 6.45) is 5.83. The fraction of sp³-hybridized carbons (Fsp3) is 0.333. The Balaban J connectivity index is 1.87. The number of fused-ring (bicyclic) bond motifs is 3. The van der Waals surface area contributed by atoms with Gasteiger partial charge < -0.3 is 5.32 Å². The van der Waals surface area contributed by atoms with E-state index in [1.807, 2.05) is 6.07 Å². The molecule has 2 aliphatic rings. The number of halogens is 1. The van der Waals surface area contributed by atoms with Gasteiger partial charge in [-0.25, -0.2) is 0 Å². The molecule has 23 heavy (non-hydrogen) atoms. The van der Waals surface area contributed by atoms with Crippen molar-refractivity contribution in [2.75, 3.05) is 5.32 Å². The highest BCUT2D eigenvalue weighted by Crippen LogP contribution is 2.52. The molecule has 0 saturated carbocycles. The summed E-state index contributed by atoms with van der Waals surface area (Å²) in [5.41, 5.74) is 7.99. The topological polar surface area (TPSA) is 12.0 Å². The molecule has 1 nitrogen and oxygen atoms in total. The first-order valence-corrected chi connectivity index (χ1v) is 8.73. The standard InChI is InChI=1S/C21H22ClN/c1-12-10-13(2)19(14(3)11-12)21-17-7-4-6-15(17)16-8-5-9-18(22)20(16)23-21/h4-6,8-11,15,17,21,23H,7H2,1-3H3. The number of hydrogen-bond donors (Lipinski definition) is 1. The molecule has 2 heteroatoms. The summed E-state index contributed by atoms with van der Waals surface area (Å²) in [6, 6.07) is 11.2. The van der Waals surface area contributed by atoms with Gasteiger partial charge in [0, 0.05) is 5.92 Å². The quantitative estimate of drug-likeness (QED) is 0.626. The minimum absolute atomic E-state index is 0.322. The number of aryl methyl sites for hydroxylation is 3. The molecule has 0 fully saturated rings. The lowest BCUT2D eigenvalue weighted by molar-refractivity contribution is 0.423. The molecule has 0 bridgehead atoms. The third-order valence-corrected chi connectivity index (χ3v) is 5.71. The highest BCUT2D eigenvalue weighted by atomic mass is 35.5. The zero-order valence-corrected chi connectivity index (χ0v) is 14.6. The van der Waals surface area contributed by atoms with Crippen molar-refractivity contribution in [3.63, 3.8) is 0 Å². The van der Waals surface area contributed by atoms with Crippen molar-refractivity contribution in [2.45, 2.75) is 39.2 Å². The van der Waals surface area contributed by atoms with Crippen LogP contribution in [0.5, 0.6) is 0 Å².